The maximum absolute atomic E-state index is 11.7. The van der Waals surface area contributed by atoms with E-state index in [4.69, 9.17) is 16.6 Å². The lowest BCUT2D eigenvalue weighted by Gasteiger charge is -2.09. The van der Waals surface area contributed by atoms with Gasteiger partial charge in [0.05, 0.1) is 6.04 Å². The van der Waals surface area contributed by atoms with Gasteiger partial charge >= 0.3 is 0 Å². The molecule has 0 fully saturated rings. The first kappa shape index (κ1) is 12.2. The van der Waals surface area contributed by atoms with Crippen LogP contribution in [0.2, 0.25) is 0 Å². The first-order valence-electron chi connectivity index (χ1n) is 4.88. The summed E-state index contributed by atoms with van der Waals surface area (Å²) >= 11 is 0. The Kier molecular flexibility index (Phi) is 4.02. The van der Waals surface area contributed by atoms with E-state index in [2.05, 4.69) is 0 Å². The van der Waals surface area contributed by atoms with Gasteiger partial charge in [0.25, 0.3) is 0 Å². The zero-order valence-electron chi connectivity index (χ0n) is 8.72. The molecule has 0 unspecified atom stereocenters. The molecule has 0 radical (unpaired) electrons. The van der Waals surface area contributed by atoms with Crippen molar-refractivity contribution in [2.75, 3.05) is 0 Å². The molecule has 0 aliphatic heterocycles. The monoisotopic (exact) mass is 222 g/mol. The number of ketones is 1. The minimum Gasteiger partial charge on any atom is -0.508 e. The van der Waals surface area contributed by atoms with Crippen LogP contribution in [0.1, 0.15) is 23.2 Å². The molecular formula is C11H14N2O3. The molecule has 5 nitrogen and oxygen atoms in total. The normalized spacial score (nSPS) is 12.1. The fraction of sp³-hybridized carbons (Fsp3) is 0.273. The van der Waals surface area contributed by atoms with Crippen molar-refractivity contribution in [3.05, 3.63) is 29.8 Å². The largest absolute Gasteiger partial charge is 0.508 e. The number of hydrogen-bond acceptors (Lipinski definition) is 4. The Bertz CT molecular complexity index is 387. The smallest absolute Gasteiger partial charge is 0.217 e. The van der Waals surface area contributed by atoms with Gasteiger partial charge < -0.3 is 16.6 Å². The summed E-state index contributed by atoms with van der Waals surface area (Å²) in [4.78, 5) is 22.2. The van der Waals surface area contributed by atoms with Gasteiger partial charge in [-0.2, -0.15) is 0 Å². The average molecular weight is 222 g/mol. The van der Waals surface area contributed by atoms with Gasteiger partial charge in [-0.05, 0) is 30.7 Å². The first-order chi connectivity index (χ1) is 7.50. The second kappa shape index (κ2) is 5.27. The SMILES string of the molecule is NC(=O)CC[C@H](N)C(=O)c1ccc(O)cc1. The Balaban J connectivity index is 2.63. The quantitative estimate of drug-likeness (QED) is 0.617. The molecule has 1 aromatic rings. The zero-order chi connectivity index (χ0) is 12.1. The topological polar surface area (TPSA) is 106 Å². The first-order valence-corrected chi connectivity index (χ1v) is 4.88. The van der Waals surface area contributed by atoms with Crippen molar-refractivity contribution >= 4 is 11.7 Å². The molecule has 0 heterocycles. The van der Waals surface area contributed by atoms with E-state index in [-0.39, 0.29) is 24.4 Å². The van der Waals surface area contributed by atoms with Crippen LogP contribution in [0.15, 0.2) is 24.3 Å². The van der Waals surface area contributed by atoms with E-state index < -0.39 is 11.9 Å². The number of rotatable bonds is 5. The molecule has 5 heteroatoms. The van der Waals surface area contributed by atoms with Crippen LogP contribution >= 0.6 is 0 Å². The second-order valence-electron chi connectivity index (χ2n) is 3.52. The number of primary amides is 1. The van der Waals surface area contributed by atoms with E-state index in [1.807, 2.05) is 0 Å². The molecule has 1 aromatic carbocycles. The molecule has 0 saturated carbocycles. The highest BCUT2D eigenvalue weighted by Crippen LogP contribution is 2.12. The minimum absolute atomic E-state index is 0.0854. The maximum atomic E-state index is 11.7. The van der Waals surface area contributed by atoms with Gasteiger partial charge in [-0.1, -0.05) is 0 Å². The molecule has 0 bridgehead atoms. The third-order valence-corrected chi connectivity index (χ3v) is 2.19. The molecule has 1 atom stereocenters. The van der Waals surface area contributed by atoms with Crippen LogP contribution in [0, 0.1) is 0 Å². The number of carbonyl (C=O) groups excluding carboxylic acids is 2. The average Bonchev–Trinajstić information content (AvgIpc) is 2.26. The van der Waals surface area contributed by atoms with Gasteiger partial charge in [-0.15, -0.1) is 0 Å². The van der Waals surface area contributed by atoms with Crippen molar-refractivity contribution in [3.63, 3.8) is 0 Å². The fourth-order valence-corrected chi connectivity index (χ4v) is 1.27. The summed E-state index contributed by atoms with van der Waals surface area (Å²) in [5, 5.41) is 9.05. The van der Waals surface area contributed by atoms with E-state index in [9.17, 15) is 9.59 Å². The van der Waals surface area contributed by atoms with Crippen LogP contribution in [0.3, 0.4) is 0 Å². The lowest BCUT2D eigenvalue weighted by Crippen LogP contribution is -2.31. The second-order valence-corrected chi connectivity index (χ2v) is 3.52. The van der Waals surface area contributed by atoms with Crippen LogP contribution in [0.25, 0.3) is 0 Å². The van der Waals surface area contributed by atoms with Crippen molar-refractivity contribution in [2.45, 2.75) is 18.9 Å². The molecule has 16 heavy (non-hydrogen) atoms. The number of hydrogen-bond donors (Lipinski definition) is 3. The third-order valence-electron chi connectivity index (χ3n) is 2.19. The highest BCUT2D eigenvalue weighted by Gasteiger charge is 2.16. The van der Waals surface area contributed by atoms with Crippen LogP contribution < -0.4 is 11.5 Å². The Morgan fingerprint density at radius 1 is 1.25 bits per heavy atom. The van der Waals surface area contributed by atoms with E-state index in [1.165, 1.54) is 24.3 Å². The molecule has 0 aliphatic carbocycles. The zero-order valence-corrected chi connectivity index (χ0v) is 8.72. The standard InChI is InChI=1S/C11H14N2O3/c12-9(5-6-10(13)15)11(16)7-1-3-8(14)4-2-7/h1-4,9,14H,5-6,12H2,(H2,13,15)/t9-/m0/s1. The number of amides is 1. The van der Waals surface area contributed by atoms with Crippen LogP contribution in [0.4, 0.5) is 0 Å². The number of aromatic hydroxyl groups is 1. The maximum Gasteiger partial charge on any atom is 0.217 e. The van der Waals surface area contributed by atoms with Crippen molar-refractivity contribution < 1.29 is 14.7 Å². The number of Topliss-reactive ketones (excluding diaryl/α,β-unsaturated/α-hetero) is 1. The van der Waals surface area contributed by atoms with Gasteiger partial charge in [0, 0.05) is 12.0 Å². The van der Waals surface area contributed by atoms with Gasteiger partial charge in [0.2, 0.25) is 5.91 Å². The molecule has 0 aromatic heterocycles. The summed E-state index contributed by atoms with van der Waals surface area (Å²) in [6, 6.07) is 5.06. The Morgan fingerprint density at radius 3 is 2.31 bits per heavy atom. The van der Waals surface area contributed by atoms with Crippen molar-refractivity contribution in [1.29, 1.82) is 0 Å². The number of benzene rings is 1. The number of nitrogens with two attached hydrogens (primary N) is 2. The number of carbonyl (C=O) groups is 2. The van der Waals surface area contributed by atoms with Crippen LogP contribution in [-0.4, -0.2) is 22.8 Å². The summed E-state index contributed by atoms with van der Waals surface area (Å²) in [6.45, 7) is 0. The van der Waals surface area contributed by atoms with Crippen LogP contribution in [-0.2, 0) is 4.79 Å². The van der Waals surface area contributed by atoms with E-state index in [1.54, 1.807) is 0 Å². The Hall–Kier alpha value is -1.88. The molecule has 1 amide bonds. The summed E-state index contributed by atoms with van der Waals surface area (Å²) in [5.74, 6) is -0.655. The molecule has 86 valence electrons. The predicted octanol–water partition coefficient (Wildman–Crippen LogP) is 0.168. The third kappa shape index (κ3) is 3.36. The highest BCUT2D eigenvalue weighted by atomic mass is 16.3. The molecule has 0 aliphatic rings. The predicted molar refractivity (Wildman–Crippen MR) is 58.8 cm³/mol. The van der Waals surface area contributed by atoms with E-state index in [0.29, 0.717) is 5.56 Å². The van der Waals surface area contributed by atoms with E-state index >= 15 is 0 Å². The number of phenols is 1. The fourth-order valence-electron chi connectivity index (χ4n) is 1.27. The van der Waals surface area contributed by atoms with Gasteiger partial charge in [0.1, 0.15) is 5.75 Å². The van der Waals surface area contributed by atoms with Gasteiger partial charge in [-0.3, -0.25) is 9.59 Å². The lowest BCUT2D eigenvalue weighted by molar-refractivity contribution is -0.118. The molecule has 0 saturated heterocycles. The van der Waals surface area contributed by atoms with Crippen molar-refractivity contribution in [3.8, 4) is 5.75 Å². The summed E-state index contributed by atoms with van der Waals surface area (Å²) in [6.07, 6.45) is 0.319. The molecule has 1 rings (SSSR count). The van der Waals surface area contributed by atoms with Crippen molar-refractivity contribution in [2.24, 2.45) is 11.5 Å². The van der Waals surface area contributed by atoms with Crippen LogP contribution in [0.5, 0.6) is 5.75 Å². The summed E-state index contributed by atoms with van der Waals surface area (Å²) in [7, 11) is 0. The highest BCUT2D eigenvalue weighted by molar-refractivity contribution is 6.00. The van der Waals surface area contributed by atoms with Gasteiger partial charge in [-0.25, -0.2) is 0 Å². The lowest BCUT2D eigenvalue weighted by atomic mass is 10.0. The Labute approximate surface area is 93.1 Å². The minimum atomic E-state index is -0.739. The van der Waals surface area contributed by atoms with Gasteiger partial charge in [0.15, 0.2) is 5.78 Å². The molecular weight excluding hydrogens is 208 g/mol. The van der Waals surface area contributed by atoms with E-state index in [0.717, 1.165) is 0 Å². The van der Waals surface area contributed by atoms with Crippen molar-refractivity contribution in [1.82, 2.24) is 0 Å². The summed E-state index contributed by atoms with van der Waals surface area (Å²) < 4.78 is 0. The number of phenolic OH excluding ortho intramolecular Hbond substituents is 1. The molecule has 5 N–H and O–H groups in total. The Morgan fingerprint density at radius 2 is 1.81 bits per heavy atom. The summed E-state index contributed by atoms with van der Waals surface area (Å²) in [5.41, 5.74) is 11.0. The molecule has 0 spiro atoms.